The van der Waals surface area contributed by atoms with E-state index in [0.717, 1.165) is 107 Å². The van der Waals surface area contributed by atoms with E-state index in [4.69, 9.17) is 0 Å². The number of fused-ring (bicyclic) bond motifs is 1. The lowest BCUT2D eigenvalue weighted by molar-refractivity contribution is -0.138. The van der Waals surface area contributed by atoms with E-state index in [9.17, 15) is 32.3 Å². The second-order valence-electron chi connectivity index (χ2n) is 14.0. The molecule has 2 atom stereocenters. The highest BCUT2D eigenvalue weighted by Crippen LogP contribution is 2.33. The molecule has 262 valence electrons. The molecule has 5 aliphatic heterocycles. The molecule has 0 aliphatic carbocycles. The largest absolute Gasteiger partial charge is 0.419 e. The Morgan fingerprint density at radius 2 is 1.43 bits per heavy atom. The molecule has 4 fully saturated rings. The number of anilines is 2. The molecule has 0 spiro atoms. The monoisotopic (exact) mass is 682 g/mol. The van der Waals surface area contributed by atoms with E-state index in [1.54, 1.807) is 12.1 Å². The van der Waals surface area contributed by atoms with Crippen LogP contribution in [0.4, 0.5) is 24.8 Å². The lowest BCUT2D eigenvalue weighted by Gasteiger charge is -2.39. The lowest BCUT2D eigenvalue weighted by atomic mass is 9.92. The molecule has 5 aliphatic rings. The molecule has 0 saturated carbocycles. The van der Waals surface area contributed by atoms with Gasteiger partial charge < -0.3 is 20.0 Å². The van der Waals surface area contributed by atoms with E-state index >= 15 is 0 Å². The third-order valence-corrected chi connectivity index (χ3v) is 10.7. The van der Waals surface area contributed by atoms with Crippen molar-refractivity contribution in [3.63, 3.8) is 0 Å². The molecule has 7 rings (SSSR count). The molecule has 12 nitrogen and oxygen atoms in total. The van der Waals surface area contributed by atoms with Gasteiger partial charge in [-0.1, -0.05) is 0 Å². The predicted molar refractivity (Wildman–Crippen MR) is 173 cm³/mol. The average Bonchev–Trinajstić information content (AvgIpc) is 3.62. The van der Waals surface area contributed by atoms with E-state index in [1.807, 2.05) is 6.07 Å². The summed E-state index contributed by atoms with van der Waals surface area (Å²) < 4.78 is 38.4. The highest BCUT2D eigenvalue weighted by molar-refractivity contribution is 6.23. The van der Waals surface area contributed by atoms with E-state index in [-0.39, 0.29) is 24.8 Å². The van der Waals surface area contributed by atoms with Crippen LogP contribution in [0.5, 0.6) is 0 Å². The molecule has 49 heavy (non-hydrogen) atoms. The standard InChI is InChI=1S/C34H41F3N8O4/c35-34(36,37)23-16-38-33(39-17-23)40-24-9-12-43(20-24)19-21-5-10-42(11-6-21)18-22-7-13-44(14-8-22)25-1-2-26-27(15-25)32(49)45(31(26)48)28-3-4-29(46)41-30(28)47/h1-2,15-17,21-22,24,28H,3-14,18-20H2,(H,38,39,40)(H,41,46,47)/t24-,28?/m1/s1. The minimum Gasteiger partial charge on any atom is -0.371 e. The number of imide groups is 2. The van der Waals surface area contributed by atoms with Crippen LogP contribution in [0.3, 0.4) is 0 Å². The number of amides is 4. The van der Waals surface area contributed by atoms with Gasteiger partial charge in [-0.3, -0.25) is 29.4 Å². The Balaban J connectivity index is 0.830. The fourth-order valence-electron chi connectivity index (χ4n) is 7.96. The third-order valence-electron chi connectivity index (χ3n) is 10.7. The number of rotatable bonds is 8. The molecule has 4 saturated heterocycles. The van der Waals surface area contributed by atoms with Crippen molar-refractivity contribution in [2.75, 3.05) is 62.6 Å². The summed E-state index contributed by atoms with van der Waals surface area (Å²) in [4.78, 5) is 66.2. The Kier molecular flexibility index (Phi) is 9.31. The maximum atomic E-state index is 13.3. The lowest BCUT2D eigenvalue weighted by Crippen LogP contribution is -2.54. The molecule has 4 amide bonds. The van der Waals surface area contributed by atoms with E-state index in [1.165, 1.54) is 0 Å². The summed E-state index contributed by atoms with van der Waals surface area (Å²) in [6, 6.07) is 4.48. The van der Waals surface area contributed by atoms with E-state index < -0.39 is 41.4 Å². The molecule has 0 bridgehead atoms. The Labute approximate surface area is 282 Å². The maximum absolute atomic E-state index is 13.3. The van der Waals surface area contributed by atoms with E-state index in [2.05, 4.69) is 35.3 Å². The summed E-state index contributed by atoms with van der Waals surface area (Å²) in [7, 11) is 0. The van der Waals surface area contributed by atoms with Gasteiger partial charge in [0.15, 0.2) is 0 Å². The second kappa shape index (κ2) is 13.7. The summed E-state index contributed by atoms with van der Waals surface area (Å²) in [6.45, 7) is 7.75. The number of likely N-dealkylation sites (tertiary alicyclic amines) is 2. The first-order chi connectivity index (χ1) is 23.5. The minimum atomic E-state index is -4.44. The quantitative estimate of drug-likeness (QED) is 0.401. The van der Waals surface area contributed by atoms with Crippen LogP contribution in [-0.2, 0) is 15.8 Å². The number of aromatic nitrogens is 2. The Hall–Kier alpha value is -4.11. The summed E-state index contributed by atoms with van der Waals surface area (Å²) in [5.41, 5.74) is 0.659. The van der Waals surface area contributed by atoms with Crippen molar-refractivity contribution < 1.29 is 32.3 Å². The van der Waals surface area contributed by atoms with Crippen molar-refractivity contribution >= 4 is 35.3 Å². The zero-order chi connectivity index (χ0) is 34.3. The first-order valence-electron chi connectivity index (χ1n) is 17.2. The van der Waals surface area contributed by atoms with Crippen molar-refractivity contribution in [1.29, 1.82) is 0 Å². The molecular formula is C34H41F3N8O4. The zero-order valence-electron chi connectivity index (χ0n) is 27.3. The molecule has 1 aromatic heterocycles. The molecule has 0 radical (unpaired) electrons. The van der Waals surface area contributed by atoms with Gasteiger partial charge in [-0.15, -0.1) is 0 Å². The van der Waals surface area contributed by atoms with Crippen molar-refractivity contribution in [3.8, 4) is 0 Å². The Bertz CT molecular complexity index is 1590. The smallest absolute Gasteiger partial charge is 0.371 e. The van der Waals surface area contributed by atoms with Crippen LogP contribution in [0.1, 0.15) is 71.2 Å². The van der Waals surface area contributed by atoms with Crippen molar-refractivity contribution in [2.24, 2.45) is 11.8 Å². The predicted octanol–water partition coefficient (Wildman–Crippen LogP) is 3.01. The van der Waals surface area contributed by atoms with Gasteiger partial charge in [0.1, 0.15) is 6.04 Å². The topological polar surface area (TPSA) is 131 Å². The first kappa shape index (κ1) is 33.4. The van der Waals surface area contributed by atoms with Crippen LogP contribution in [-0.4, -0.2) is 113 Å². The molecular weight excluding hydrogens is 641 g/mol. The zero-order valence-corrected chi connectivity index (χ0v) is 27.3. The van der Waals surface area contributed by atoms with Gasteiger partial charge in [0.2, 0.25) is 17.8 Å². The molecule has 1 unspecified atom stereocenters. The van der Waals surface area contributed by atoms with Crippen LogP contribution in [0, 0.1) is 11.8 Å². The first-order valence-corrected chi connectivity index (χ1v) is 17.2. The van der Waals surface area contributed by atoms with Crippen LogP contribution in [0.25, 0.3) is 0 Å². The third kappa shape index (κ3) is 7.28. The van der Waals surface area contributed by atoms with Gasteiger partial charge in [-0.25, -0.2) is 9.97 Å². The van der Waals surface area contributed by atoms with Crippen LogP contribution < -0.4 is 15.5 Å². The number of hydrogen-bond donors (Lipinski definition) is 2. The summed E-state index contributed by atoms with van der Waals surface area (Å²) in [6.07, 6.45) is 2.70. The number of piperidine rings is 3. The minimum absolute atomic E-state index is 0.0920. The van der Waals surface area contributed by atoms with Gasteiger partial charge in [0.25, 0.3) is 11.8 Å². The average molecular weight is 683 g/mol. The molecule has 1 aromatic carbocycles. The molecule has 2 N–H and O–H groups in total. The normalized spacial score (nSPS) is 24.9. The van der Waals surface area contributed by atoms with Crippen molar-refractivity contribution in [3.05, 3.63) is 47.3 Å². The highest BCUT2D eigenvalue weighted by Gasteiger charge is 2.45. The number of alkyl halides is 3. The van der Waals surface area contributed by atoms with Gasteiger partial charge in [-0.2, -0.15) is 13.2 Å². The number of benzene rings is 1. The number of nitrogens with one attached hydrogen (secondary N) is 2. The molecule has 2 aromatic rings. The number of carbonyl (C=O) groups excluding carboxylic acids is 4. The maximum Gasteiger partial charge on any atom is 0.419 e. The van der Waals surface area contributed by atoms with Crippen LogP contribution in [0.2, 0.25) is 0 Å². The summed E-state index contributed by atoms with van der Waals surface area (Å²) in [5.74, 6) is -0.527. The van der Waals surface area contributed by atoms with Gasteiger partial charge in [-0.05, 0) is 81.6 Å². The van der Waals surface area contributed by atoms with Crippen LogP contribution in [0.15, 0.2) is 30.6 Å². The summed E-state index contributed by atoms with van der Waals surface area (Å²) >= 11 is 0. The Morgan fingerprint density at radius 3 is 2.10 bits per heavy atom. The molecule has 6 heterocycles. The number of hydrogen-bond acceptors (Lipinski definition) is 10. The van der Waals surface area contributed by atoms with Gasteiger partial charge in [0, 0.05) is 69.8 Å². The van der Waals surface area contributed by atoms with Crippen LogP contribution >= 0.6 is 0 Å². The van der Waals surface area contributed by atoms with Gasteiger partial charge in [0.05, 0.1) is 16.7 Å². The van der Waals surface area contributed by atoms with Crippen molar-refractivity contribution in [1.82, 2.24) is 30.0 Å². The number of carbonyl (C=O) groups is 4. The SMILES string of the molecule is O=C1CCC(N2C(=O)c3ccc(N4CCC(CN5CCC(CN6CC[C@@H](Nc7ncc(C(F)(F)F)cn7)C6)CC5)CC4)cc3C2=O)C(=O)N1. The fraction of sp³-hybridized carbons (Fsp3) is 0.588. The van der Waals surface area contributed by atoms with E-state index in [0.29, 0.717) is 23.0 Å². The summed E-state index contributed by atoms with van der Waals surface area (Å²) in [5, 5.41) is 5.42. The van der Waals surface area contributed by atoms with Gasteiger partial charge >= 0.3 is 6.18 Å². The highest BCUT2D eigenvalue weighted by atomic mass is 19.4. The molecule has 15 heteroatoms. The fourth-order valence-corrected chi connectivity index (χ4v) is 7.96. The van der Waals surface area contributed by atoms with Crippen molar-refractivity contribution in [2.45, 2.75) is 63.2 Å². The second-order valence-corrected chi connectivity index (χ2v) is 14.0. The number of halogens is 3. The Morgan fingerprint density at radius 1 is 0.796 bits per heavy atom. The number of nitrogens with zero attached hydrogens (tertiary/aromatic N) is 6.